The third kappa shape index (κ3) is 12.2. The van der Waals surface area contributed by atoms with Crippen LogP contribution in [0.4, 0.5) is 0 Å². The van der Waals surface area contributed by atoms with Crippen LogP contribution in [0.3, 0.4) is 0 Å². The molecule has 0 spiro atoms. The number of amides is 2. The van der Waals surface area contributed by atoms with Gasteiger partial charge in [-0.05, 0) is 101 Å². The van der Waals surface area contributed by atoms with E-state index in [2.05, 4.69) is 132 Å². The Bertz CT molecular complexity index is 2090. The zero-order valence-corrected chi connectivity index (χ0v) is 41.0. The predicted molar refractivity (Wildman–Crippen MR) is 254 cm³/mol. The van der Waals surface area contributed by atoms with Crippen LogP contribution in [0.5, 0.6) is 23.0 Å². The number of carbonyl (C=O) groups excluding carboxylic acids is 2. The van der Waals surface area contributed by atoms with Gasteiger partial charge >= 0.3 is 0 Å². The lowest BCUT2D eigenvalue weighted by Crippen LogP contribution is -2.22. The average molecular weight is 879 g/mol. The smallest absolute Gasteiger partial charge is 0.245 e. The average Bonchev–Trinajstić information content (AvgIpc) is 3.16. The van der Waals surface area contributed by atoms with E-state index in [4.69, 9.17) is 9.47 Å². The van der Waals surface area contributed by atoms with Crippen molar-refractivity contribution in [2.75, 3.05) is 27.3 Å². The second-order valence-electron chi connectivity index (χ2n) is 22.0. The second kappa shape index (κ2) is 19.2. The predicted octanol–water partition coefficient (Wildman–Crippen LogP) is 11.0. The van der Waals surface area contributed by atoms with Crippen LogP contribution in [0.15, 0.2) is 48.5 Å². The molecule has 10 heteroatoms. The monoisotopic (exact) mass is 879 g/mol. The Morgan fingerprint density at radius 3 is 0.875 bits per heavy atom. The lowest BCUT2D eigenvalue weighted by molar-refractivity contribution is -0.159. The third-order valence-corrected chi connectivity index (χ3v) is 12.3. The number of fused-ring (bicyclic) bond motifs is 8. The Morgan fingerprint density at radius 2 is 0.672 bits per heavy atom. The standard InChI is InChI=1S/C54H74N2O8/c1-51(2,3)41-25-33-21-37-29-43(53(7,8)9)31-39(49(37)63-19-15-17-45(57)55(13)61)23-35-27-42(52(4,5)6)28-36(48(35)60)24-40-32-44(54(10,11)12)30-38(22-34(26-41)47(33)59)50(40)64-20-16-18-46(58)56(14)62/h25-32,59-62H,15-24H2,1-14H3. The number of ether oxygens (including phenoxy) is 2. The van der Waals surface area contributed by atoms with Crippen molar-refractivity contribution < 1.29 is 39.7 Å². The van der Waals surface area contributed by atoms with Crippen molar-refractivity contribution in [3.05, 3.63) is 115 Å². The molecule has 0 saturated heterocycles. The topological polar surface area (TPSA) is 140 Å². The molecule has 0 saturated carbocycles. The van der Waals surface area contributed by atoms with Crippen LogP contribution in [-0.2, 0) is 56.9 Å². The highest BCUT2D eigenvalue weighted by Gasteiger charge is 2.29. The van der Waals surface area contributed by atoms with Crippen molar-refractivity contribution in [2.24, 2.45) is 0 Å². The van der Waals surface area contributed by atoms with Gasteiger partial charge in [-0.1, -0.05) is 132 Å². The SMILES string of the molecule is CN(O)C(=O)CCCOc1c2cc(C(C)(C)C)cc1Cc1cc(C(C)(C)C)cc(c1O)Cc1cc(C(C)(C)C)cc(c1OCCCC(=O)N(C)O)Cc1cc(C(C)(C)C)cc(c1O)C2. The zero-order valence-electron chi connectivity index (χ0n) is 41.0. The van der Waals surface area contributed by atoms with Gasteiger partial charge in [0.15, 0.2) is 0 Å². The Hall–Kier alpha value is -5.06. The van der Waals surface area contributed by atoms with E-state index in [0.29, 0.717) is 60.2 Å². The molecular formula is C54H74N2O8. The number of phenols is 2. The van der Waals surface area contributed by atoms with E-state index in [1.54, 1.807) is 0 Å². The lowest BCUT2D eigenvalue weighted by Gasteiger charge is -2.28. The van der Waals surface area contributed by atoms with Crippen LogP contribution in [0.2, 0.25) is 0 Å². The van der Waals surface area contributed by atoms with Gasteiger partial charge in [-0.3, -0.25) is 20.0 Å². The highest BCUT2D eigenvalue weighted by Crippen LogP contribution is 2.44. The van der Waals surface area contributed by atoms with Crippen LogP contribution < -0.4 is 9.47 Å². The fourth-order valence-corrected chi connectivity index (χ4v) is 8.14. The maximum absolute atomic E-state index is 12.5. The number of hydrogen-bond acceptors (Lipinski definition) is 8. The van der Waals surface area contributed by atoms with Gasteiger partial charge < -0.3 is 19.7 Å². The van der Waals surface area contributed by atoms with Gasteiger partial charge in [-0.2, -0.15) is 0 Å². The Balaban J connectivity index is 1.86. The molecule has 8 bridgehead atoms. The highest BCUT2D eigenvalue weighted by molar-refractivity contribution is 5.75. The summed E-state index contributed by atoms with van der Waals surface area (Å²) in [6.45, 7) is 26.5. The number of aromatic hydroxyl groups is 2. The Kier molecular flexibility index (Phi) is 15.0. The molecule has 5 rings (SSSR count). The number of hydroxylamine groups is 4. The molecule has 0 radical (unpaired) electrons. The first-order chi connectivity index (χ1) is 29.5. The quantitative estimate of drug-likeness (QED) is 0.0618. The molecule has 0 atom stereocenters. The summed E-state index contributed by atoms with van der Waals surface area (Å²) >= 11 is 0. The van der Waals surface area contributed by atoms with E-state index >= 15 is 0 Å². The minimum Gasteiger partial charge on any atom is -0.507 e. The van der Waals surface area contributed by atoms with Gasteiger partial charge in [0.25, 0.3) is 0 Å². The molecule has 348 valence electrons. The van der Waals surface area contributed by atoms with E-state index in [-0.39, 0.29) is 59.2 Å². The summed E-state index contributed by atoms with van der Waals surface area (Å²) in [6, 6.07) is 17.0. The van der Waals surface area contributed by atoms with Gasteiger partial charge in [0, 0.05) is 52.6 Å². The largest absolute Gasteiger partial charge is 0.507 e. The fraction of sp³-hybridized carbons (Fsp3) is 0.519. The Morgan fingerprint density at radius 1 is 0.453 bits per heavy atom. The molecule has 0 heterocycles. The number of carbonyl (C=O) groups is 2. The normalized spacial score (nSPS) is 13.4. The zero-order chi connectivity index (χ0) is 47.7. The van der Waals surface area contributed by atoms with Crippen LogP contribution in [0.1, 0.15) is 176 Å². The summed E-state index contributed by atoms with van der Waals surface area (Å²) < 4.78 is 13.5. The van der Waals surface area contributed by atoms with Crippen molar-refractivity contribution in [3.8, 4) is 23.0 Å². The molecule has 0 unspecified atom stereocenters. The molecule has 0 aromatic heterocycles. The minimum absolute atomic E-state index is 0.105. The van der Waals surface area contributed by atoms with E-state index in [0.717, 1.165) is 66.8 Å². The van der Waals surface area contributed by atoms with Crippen molar-refractivity contribution in [3.63, 3.8) is 0 Å². The molecule has 0 fully saturated rings. The van der Waals surface area contributed by atoms with Crippen LogP contribution in [0, 0.1) is 0 Å². The molecule has 4 N–H and O–H groups in total. The van der Waals surface area contributed by atoms with Crippen LogP contribution in [0.25, 0.3) is 0 Å². The molecular weight excluding hydrogens is 805 g/mol. The molecule has 4 aromatic carbocycles. The molecule has 0 aliphatic heterocycles. The van der Waals surface area contributed by atoms with Crippen molar-refractivity contribution in [2.45, 2.75) is 156 Å². The van der Waals surface area contributed by atoms with E-state index in [1.807, 2.05) is 0 Å². The second-order valence-corrected chi connectivity index (χ2v) is 22.0. The summed E-state index contributed by atoms with van der Waals surface area (Å²) in [4.78, 5) is 24.7. The maximum atomic E-state index is 12.5. The molecule has 2 amide bonds. The van der Waals surface area contributed by atoms with Gasteiger partial charge in [0.2, 0.25) is 11.8 Å². The first kappa shape index (κ1) is 49.9. The highest BCUT2D eigenvalue weighted by atomic mass is 16.5. The number of rotatable bonds is 10. The van der Waals surface area contributed by atoms with E-state index in [1.165, 1.54) is 14.1 Å². The Labute approximate surface area is 382 Å². The third-order valence-electron chi connectivity index (χ3n) is 12.3. The number of phenolic OH excluding ortho intramolecular Hbond substituents is 2. The van der Waals surface area contributed by atoms with Crippen LogP contribution in [-0.4, -0.2) is 69.9 Å². The first-order valence-corrected chi connectivity index (χ1v) is 22.7. The summed E-state index contributed by atoms with van der Waals surface area (Å²) in [5.74, 6) is 0.867. The number of hydrogen-bond donors (Lipinski definition) is 4. The summed E-state index contributed by atoms with van der Waals surface area (Å²) in [5, 5.41) is 45.7. The summed E-state index contributed by atoms with van der Waals surface area (Å²) in [7, 11) is 2.64. The molecule has 1 aliphatic rings. The fourth-order valence-electron chi connectivity index (χ4n) is 8.14. The maximum Gasteiger partial charge on any atom is 0.245 e. The van der Waals surface area contributed by atoms with E-state index < -0.39 is 11.8 Å². The molecule has 64 heavy (non-hydrogen) atoms. The van der Waals surface area contributed by atoms with Gasteiger partial charge in [0.05, 0.1) is 13.2 Å². The number of nitrogens with zero attached hydrogens (tertiary/aromatic N) is 2. The van der Waals surface area contributed by atoms with Crippen LogP contribution >= 0.6 is 0 Å². The summed E-state index contributed by atoms with van der Waals surface area (Å²) in [6.07, 6.45) is 2.34. The van der Waals surface area contributed by atoms with Crippen molar-refractivity contribution in [1.29, 1.82) is 0 Å². The summed E-state index contributed by atoms with van der Waals surface area (Å²) in [5.41, 5.74) is 9.74. The van der Waals surface area contributed by atoms with Gasteiger partial charge in [-0.15, -0.1) is 0 Å². The van der Waals surface area contributed by atoms with Crippen molar-refractivity contribution in [1.82, 2.24) is 10.1 Å². The van der Waals surface area contributed by atoms with Gasteiger partial charge in [-0.25, -0.2) is 10.1 Å². The first-order valence-electron chi connectivity index (χ1n) is 22.7. The molecule has 4 aromatic rings. The van der Waals surface area contributed by atoms with E-state index in [9.17, 15) is 30.2 Å². The molecule has 10 nitrogen and oxygen atoms in total. The van der Waals surface area contributed by atoms with Gasteiger partial charge in [0.1, 0.15) is 23.0 Å². The number of benzene rings is 4. The molecule has 1 aliphatic carbocycles. The minimum atomic E-state index is -0.404. The van der Waals surface area contributed by atoms with Crippen molar-refractivity contribution >= 4 is 11.8 Å². The lowest BCUT2D eigenvalue weighted by atomic mass is 9.79.